The van der Waals surface area contributed by atoms with Gasteiger partial charge in [-0.15, -0.1) is 0 Å². The minimum absolute atomic E-state index is 0.330. The summed E-state index contributed by atoms with van der Waals surface area (Å²) in [6, 6.07) is 12.5. The molecule has 0 spiro atoms. The Kier molecular flexibility index (Phi) is 5.56. The first-order chi connectivity index (χ1) is 9.69. The summed E-state index contributed by atoms with van der Waals surface area (Å²) in [5.41, 5.74) is 1.15. The molecule has 2 nitrogen and oxygen atoms in total. The van der Waals surface area contributed by atoms with Crippen molar-refractivity contribution in [1.82, 2.24) is 5.32 Å². The molecule has 0 saturated heterocycles. The van der Waals surface area contributed by atoms with Gasteiger partial charge in [-0.1, -0.05) is 19.1 Å². The van der Waals surface area contributed by atoms with Gasteiger partial charge in [0.15, 0.2) is 0 Å². The molecule has 0 radical (unpaired) electrons. The maximum absolute atomic E-state index is 13.4. The Balaban J connectivity index is 2.05. The molecule has 0 aliphatic rings. The molecule has 0 saturated carbocycles. The number of benzene rings is 2. The van der Waals surface area contributed by atoms with Gasteiger partial charge in [0.05, 0.1) is 4.47 Å². The lowest BCUT2D eigenvalue weighted by Crippen LogP contribution is -2.13. The number of ether oxygens (including phenoxy) is 1. The summed E-state index contributed by atoms with van der Waals surface area (Å²) >= 11 is 3.12. The van der Waals surface area contributed by atoms with E-state index < -0.39 is 0 Å². The van der Waals surface area contributed by atoms with E-state index in [1.54, 1.807) is 12.1 Å². The highest BCUT2D eigenvalue weighted by molar-refractivity contribution is 9.10. The average Bonchev–Trinajstić information content (AvgIpc) is 2.44. The van der Waals surface area contributed by atoms with E-state index >= 15 is 0 Å². The molecule has 20 heavy (non-hydrogen) atoms. The molecule has 4 heteroatoms. The van der Waals surface area contributed by atoms with E-state index in [-0.39, 0.29) is 5.82 Å². The van der Waals surface area contributed by atoms with Gasteiger partial charge in [0, 0.05) is 12.6 Å². The third-order valence-corrected chi connectivity index (χ3v) is 3.42. The number of hydrogen-bond acceptors (Lipinski definition) is 2. The van der Waals surface area contributed by atoms with Crippen molar-refractivity contribution in [2.24, 2.45) is 0 Å². The van der Waals surface area contributed by atoms with Crippen LogP contribution in [0.15, 0.2) is 46.9 Å². The van der Waals surface area contributed by atoms with Crippen molar-refractivity contribution < 1.29 is 9.13 Å². The van der Waals surface area contributed by atoms with E-state index in [0.29, 0.717) is 16.0 Å². The van der Waals surface area contributed by atoms with Gasteiger partial charge in [-0.2, -0.15) is 0 Å². The first kappa shape index (κ1) is 15.0. The molecule has 0 heterocycles. The number of rotatable bonds is 6. The van der Waals surface area contributed by atoms with Crippen LogP contribution in [-0.2, 0) is 6.54 Å². The predicted octanol–water partition coefficient (Wildman–Crippen LogP) is 4.88. The zero-order valence-corrected chi connectivity index (χ0v) is 12.9. The van der Waals surface area contributed by atoms with Crippen LogP contribution in [0.2, 0.25) is 0 Å². The monoisotopic (exact) mass is 337 g/mol. The van der Waals surface area contributed by atoms with Gasteiger partial charge in [0.25, 0.3) is 0 Å². The molecule has 0 aliphatic carbocycles. The Morgan fingerprint density at radius 3 is 2.70 bits per heavy atom. The second kappa shape index (κ2) is 7.41. The van der Waals surface area contributed by atoms with Crippen LogP contribution in [-0.4, -0.2) is 6.54 Å². The Hall–Kier alpha value is -1.39. The van der Waals surface area contributed by atoms with Gasteiger partial charge in [0.1, 0.15) is 17.3 Å². The standard InChI is InChI=1S/C16H17BrFNO/c1-2-8-19-11-12-4-3-5-13(9-12)20-14-6-7-15(17)16(18)10-14/h3-7,9-10,19H,2,8,11H2,1H3. The first-order valence-corrected chi connectivity index (χ1v) is 7.41. The van der Waals surface area contributed by atoms with Crippen molar-refractivity contribution >= 4 is 15.9 Å². The largest absolute Gasteiger partial charge is 0.457 e. The normalized spacial score (nSPS) is 10.6. The number of nitrogens with one attached hydrogen (secondary N) is 1. The van der Waals surface area contributed by atoms with Crippen molar-refractivity contribution in [1.29, 1.82) is 0 Å². The summed E-state index contributed by atoms with van der Waals surface area (Å²) in [6.45, 7) is 3.93. The van der Waals surface area contributed by atoms with Gasteiger partial charge >= 0.3 is 0 Å². The van der Waals surface area contributed by atoms with E-state index in [0.717, 1.165) is 25.1 Å². The van der Waals surface area contributed by atoms with Crippen LogP contribution < -0.4 is 10.1 Å². The Morgan fingerprint density at radius 2 is 1.95 bits per heavy atom. The second-order valence-electron chi connectivity index (χ2n) is 4.50. The molecule has 2 aromatic rings. The van der Waals surface area contributed by atoms with E-state index in [9.17, 15) is 4.39 Å². The predicted molar refractivity (Wildman–Crippen MR) is 82.6 cm³/mol. The molecule has 0 amide bonds. The van der Waals surface area contributed by atoms with Crippen LogP contribution in [0.4, 0.5) is 4.39 Å². The van der Waals surface area contributed by atoms with Crippen LogP contribution in [0.3, 0.4) is 0 Å². The fraction of sp³-hybridized carbons (Fsp3) is 0.250. The Labute approximate surface area is 127 Å². The molecule has 0 unspecified atom stereocenters. The molecule has 106 valence electrons. The zero-order chi connectivity index (χ0) is 14.4. The van der Waals surface area contributed by atoms with Crippen LogP contribution in [0.5, 0.6) is 11.5 Å². The van der Waals surface area contributed by atoms with Crippen molar-refractivity contribution in [2.75, 3.05) is 6.54 Å². The van der Waals surface area contributed by atoms with Crippen LogP contribution in [0, 0.1) is 5.82 Å². The molecular weight excluding hydrogens is 321 g/mol. The van der Waals surface area contributed by atoms with Crippen LogP contribution in [0.25, 0.3) is 0 Å². The van der Waals surface area contributed by atoms with E-state index in [2.05, 4.69) is 28.2 Å². The molecule has 2 aromatic carbocycles. The van der Waals surface area contributed by atoms with Gasteiger partial charge in [-0.05, 0) is 58.7 Å². The summed E-state index contributed by atoms with van der Waals surface area (Å²) in [6.07, 6.45) is 1.11. The second-order valence-corrected chi connectivity index (χ2v) is 5.36. The van der Waals surface area contributed by atoms with E-state index in [1.807, 2.05) is 24.3 Å². The van der Waals surface area contributed by atoms with E-state index in [4.69, 9.17) is 4.74 Å². The minimum atomic E-state index is -0.330. The number of hydrogen-bond donors (Lipinski definition) is 1. The maximum Gasteiger partial charge on any atom is 0.141 e. The maximum atomic E-state index is 13.4. The first-order valence-electron chi connectivity index (χ1n) is 6.61. The van der Waals surface area contributed by atoms with Crippen LogP contribution in [0.1, 0.15) is 18.9 Å². The zero-order valence-electron chi connectivity index (χ0n) is 11.3. The third-order valence-electron chi connectivity index (χ3n) is 2.78. The van der Waals surface area contributed by atoms with Crippen molar-refractivity contribution in [3.63, 3.8) is 0 Å². The van der Waals surface area contributed by atoms with Gasteiger partial charge < -0.3 is 10.1 Å². The van der Waals surface area contributed by atoms with Gasteiger partial charge in [0.2, 0.25) is 0 Å². The smallest absolute Gasteiger partial charge is 0.141 e. The molecule has 2 rings (SSSR count). The SMILES string of the molecule is CCCNCc1cccc(Oc2ccc(Br)c(F)c2)c1. The van der Waals surface area contributed by atoms with Crippen molar-refractivity contribution in [3.05, 3.63) is 58.3 Å². The van der Waals surface area contributed by atoms with Gasteiger partial charge in [-0.3, -0.25) is 0 Å². The molecule has 0 fully saturated rings. The lowest BCUT2D eigenvalue weighted by Gasteiger charge is -2.09. The summed E-state index contributed by atoms with van der Waals surface area (Å²) in [5, 5.41) is 3.34. The van der Waals surface area contributed by atoms with Crippen molar-refractivity contribution in [2.45, 2.75) is 19.9 Å². The molecule has 1 N–H and O–H groups in total. The lowest BCUT2D eigenvalue weighted by atomic mass is 10.2. The molecule has 0 atom stereocenters. The fourth-order valence-corrected chi connectivity index (χ4v) is 2.05. The highest BCUT2D eigenvalue weighted by Gasteiger charge is 2.03. The minimum Gasteiger partial charge on any atom is -0.457 e. The summed E-state index contributed by atoms with van der Waals surface area (Å²) in [5.74, 6) is 0.871. The molecule has 0 aromatic heterocycles. The average molecular weight is 338 g/mol. The van der Waals surface area contributed by atoms with Crippen LogP contribution >= 0.6 is 15.9 Å². The van der Waals surface area contributed by atoms with Gasteiger partial charge in [-0.25, -0.2) is 4.39 Å². The highest BCUT2D eigenvalue weighted by atomic mass is 79.9. The molecular formula is C16H17BrFNO. The third kappa shape index (κ3) is 4.32. The topological polar surface area (TPSA) is 21.3 Å². The molecule has 0 aliphatic heterocycles. The summed E-state index contributed by atoms with van der Waals surface area (Å²) in [7, 11) is 0. The Morgan fingerprint density at radius 1 is 1.15 bits per heavy atom. The lowest BCUT2D eigenvalue weighted by molar-refractivity contribution is 0.475. The Bertz CT molecular complexity index is 574. The molecule has 0 bridgehead atoms. The quantitative estimate of drug-likeness (QED) is 0.758. The number of halogens is 2. The highest BCUT2D eigenvalue weighted by Crippen LogP contribution is 2.26. The fourth-order valence-electron chi connectivity index (χ4n) is 1.80. The summed E-state index contributed by atoms with van der Waals surface area (Å²) in [4.78, 5) is 0. The van der Waals surface area contributed by atoms with E-state index in [1.165, 1.54) is 6.07 Å². The van der Waals surface area contributed by atoms with Crippen molar-refractivity contribution in [3.8, 4) is 11.5 Å². The summed E-state index contributed by atoms with van der Waals surface area (Å²) < 4.78 is 19.5.